The molecule has 0 radical (unpaired) electrons. The van der Waals surface area contributed by atoms with Gasteiger partial charge in [-0.15, -0.1) is 0 Å². The highest BCUT2D eigenvalue weighted by Gasteiger charge is 2.43. The van der Waals surface area contributed by atoms with Crippen LogP contribution in [0.4, 0.5) is 5.69 Å². The van der Waals surface area contributed by atoms with Crippen LogP contribution in [0.2, 0.25) is 0 Å². The maximum Gasteiger partial charge on any atom is 0.160 e. The molecule has 3 aliphatic rings. The lowest BCUT2D eigenvalue weighted by atomic mass is 9.95. The summed E-state index contributed by atoms with van der Waals surface area (Å²) in [6.45, 7) is 6.57. The number of pyridine rings is 1. The number of benzene rings is 1. The first-order valence-corrected chi connectivity index (χ1v) is 11.0. The van der Waals surface area contributed by atoms with Crippen LogP contribution in [0.3, 0.4) is 0 Å². The molecule has 1 aromatic carbocycles. The number of nitrogens with zero attached hydrogens (tertiary/aromatic N) is 4. The quantitative estimate of drug-likeness (QED) is 0.769. The Balaban J connectivity index is 1.52. The van der Waals surface area contributed by atoms with Gasteiger partial charge in [-0.2, -0.15) is 0 Å². The van der Waals surface area contributed by atoms with E-state index in [9.17, 15) is 0 Å². The Bertz CT molecular complexity index is 901. The van der Waals surface area contributed by atoms with E-state index in [0.717, 1.165) is 55.1 Å². The molecule has 2 fully saturated rings. The molecule has 0 unspecified atom stereocenters. The van der Waals surface area contributed by atoms with Gasteiger partial charge in [-0.1, -0.05) is 30.8 Å². The topological polar surface area (TPSA) is 50.2 Å². The number of amidine groups is 1. The van der Waals surface area contributed by atoms with Crippen LogP contribution in [0.1, 0.15) is 30.3 Å². The molecule has 1 aromatic heterocycles. The molecule has 0 amide bonds. The fourth-order valence-corrected chi connectivity index (χ4v) is 5.51. The van der Waals surface area contributed by atoms with Gasteiger partial charge in [0.25, 0.3) is 0 Å². The van der Waals surface area contributed by atoms with E-state index in [1.54, 1.807) is 7.11 Å². The highest BCUT2D eigenvalue weighted by molar-refractivity contribution is 8.14. The lowest BCUT2D eigenvalue weighted by Gasteiger charge is -2.32. The molecule has 0 saturated carbocycles. The first-order chi connectivity index (χ1) is 14.2. The van der Waals surface area contributed by atoms with Crippen LogP contribution in [-0.4, -0.2) is 60.3 Å². The third-order valence-electron chi connectivity index (χ3n) is 5.78. The highest BCUT2D eigenvalue weighted by atomic mass is 32.2. The lowest BCUT2D eigenvalue weighted by molar-refractivity contribution is 0.122. The molecule has 0 aliphatic carbocycles. The Hall–Kier alpha value is -2.25. The SMILES string of the molecule is COc1cc([C@@H]2[C@H](c3ccccn3)N=C3S[C@@H](C)CN32)ccc1N1CCOCC1. The van der Waals surface area contributed by atoms with Crippen molar-refractivity contribution >= 4 is 22.6 Å². The summed E-state index contributed by atoms with van der Waals surface area (Å²) in [4.78, 5) is 14.5. The largest absolute Gasteiger partial charge is 0.495 e. The lowest BCUT2D eigenvalue weighted by Crippen LogP contribution is -2.36. The van der Waals surface area contributed by atoms with Crippen molar-refractivity contribution in [2.24, 2.45) is 4.99 Å². The van der Waals surface area contributed by atoms with E-state index in [-0.39, 0.29) is 12.1 Å². The van der Waals surface area contributed by atoms with Crippen LogP contribution in [0.15, 0.2) is 47.6 Å². The van der Waals surface area contributed by atoms with Gasteiger partial charge in [0, 0.05) is 31.1 Å². The van der Waals surface area contributed by atoms with E-state index in [4.69, 9.17) is 14.5 Å². The second-order valence-corrected chi connectivity index (χ2v) is 9.07. The molecule has 3 atom stereocenters. The zero-order chi connectivity index (χ0) is 19.8. The minimum absolute atomic E-state index is 0.00476. The van der Waals surface area contributed by atoms with Gasteiger partial charge < -0.3 is 19.3 Å². The number of rotatable bonds is 4. The van der Waals surface area contributed by atoms with Crippen molar-refractivity contribution in [2.45, 2.75) is 24.3 Å². The monoisotopic (exact) mass is 410 g/mol. The van der Waals surface area contributed by atoms with Crippen molar-refractivity contribution in [1.82, 2.24) is 9.88 Å². The van der Waals surface area contributed by atoms with Gasteiger partial charge in [-0.05, 0) is 29.8 Å². The molecule has 152 valence electrons. The smallest absolute Gasteiger partial charge is 0.160 e. The summed E-state index contributed by atoms with van der Waals surface area (Å²) in [5.41, 5.74) is 3.38. The molecule has 0 spiro atoms. The average molecular weight is 411 g/mol. The Morgan fingerprint density at radius 3 is 2.79 bits per heavy atom. The van der Waals surface area contributed by atoms with Gasteiger partial charge in [0.1, 0.15) is 11.8 Å². The highest BCUT2D eigenvalue weighted by Crippen LogP contribution is 2.48. The number of aliphatic imine (C=N–C) groups is 1. The molecule has 3 aliphatic heterocycles. The van der Waals surface area contributed by atoms with Crippen LogP contribution in [0.25, 0.3) is 0 Å². The third kappa shape index (κ3) is 3.46. The minimum atomic E-state index is 0.00476. The van der Waals surface area contributed by atoms with Crippen LogP contribution < -0.4 is 9.64 Å². The molecule has 29 heavy (non-hydrogen) atoms. The molecular weight excluding hydrogens is 384 g/mol. The molecule has 2 saturated heterocycles. The number of hydrogen-bond donors (Lipinski definition) is 0. The molecule has 4 heterocycles. The summed E-state index contributed by atoms with van der Waals surface area (Å²) in [5.74, 6) is 0.914. The Labute approximate surface area is 175 Å². The van der Waals surface area contributed by atoms with Crippen LogP contribution in [-0.2, 0) is 4.74 Å². The number of hydrogen-bond acceptors (Lipinski definition) is 7. The summed E-state index contributed by atoms with van der Waals surface area (Å²) < 4.78 is 11.3. The number of ether oxygens (including phenoxy) is 2. The summed E-state index contributed by atoms with van der Waals surface area (Å²) >= 11 is 1.86. The van der Waals surface area contributed by atoms with Crippen LogP contribution in [0, 0.1) is 0 Å². The van der Waals surface area contributed by atoms with Gasteiger partial charge >= 0.3 is 0 Å². The Morgan fingerprint density at radius 2 is 2.03 bits per heavy atom. The van der Waals surface area contributed by atoms with Crippen molar-refractivity contribution < 1.29 is 9.47 Å². The van der Waals surface area contributed by atoms with Gasteiger partial charge in [0.15, 0.2) is 5.17 Å². The first kappa shape index (κ1) is 18.8. The molecule has 6 nitrogen and oxygen atoms in total. The third-order valence-corrected chi connectivity index (χ3v) is 6.88. The predicted molar refractivity (Wildman–Crippen MR) is 117 cm³/mol. The van der Waals surface area contributed by atoms with Gasteiger partial charge in [0.05, 0.1) is 37.7 Å². The minimum Gasteiger partial charge on any atom is -0.495 e. The van der Waals surface area contributed by atoms with E-state index >= 15 is 0 Å². The number of fused-ring (bicyclic) bond motifs is 1. The standard InChI is InChI=1S/C22H26N4O2S/c1-15-14-26-21(20(24-22(26)29-15)17-5-3-4-8-23-17)16-6-7-18(19(13-16)27-2)25-9-11-28-12-10-25/h3-8,13,15,20-21H,9-12,14H2,1-2H3/t15-,20-,21+/m0/s1. The van der Waals surface area contributed by atoms with E-state index in [1.165, 1.54) is 5.56 Å². The predicted octanol–water partition coefficient (Wildman–Crippen LogP) is 3.52. The second-order valence-electron chi connectivity index (χ2n) is 7.67. The Kier molecular flexibility index (Phi) is 5.09. The van der Waals surface area contributed by atoms with Crippen LogP contribution in [0.5, 0.6) is 5.75 Å². The maximum atomic E-state index is 5.81. The number of morpholine rings is 1. The summed E-state index contributed by atoms with van der Waals surface area (Å²) in [7, 11) is 1.75. The zero-order valence-electron chi connectivity index (χ0n) is 16.8. The number of methoxy groups -OCH3 is 1. The van der Waals surface area contributed by atoms with Crippen molar-refractivity contribution in [2.75, 3.05) is 44.9 Å². The average Bonchev–Trinajstić information content (AvgIpc) is 3.30. The molecular formula is C22H26N4O2S. The molecule has 0 bridgehead atoms. The van der Waals surface area contributed by atoms with Gasteiger partial charge in [-0.3, -0.25) is 9.98 Å². The summed E-state index contributed by atoms with van der Waals surface area (Å²) in [6, 6.07) is 12.9. The number of anilines is 1. The summed E-state index contributed by atoms with van der Waals surface area (Å²) in [5, 5.41) is 1.69. The molecule has 0 N–H and O–H groups in total. The fraction of sp³-hybridized carbons (Fsp3) is 0.455. The van der Waals surface area contributed by atoms with Crippen molar-refractivity contribution in [3.63, 3.8) is 0 Å². The van der Waals surface area contributed by atoms with E-state index < -0.39 is 0 Å². The second kappa shape index (κ2) is 7.88. The van der Waals surface area contributed by atoms with Gasteiger partial charge in [0.2, 0.25) is 0 Å². The van der Waals surface area contributed by atoms with Crippen LogP contribution >= 0.6 is 11.8 Å². The van der Waals surface area contributed by atoms with Crippen molar-refractivity contribution in [3.8, 4) is 5.75 Å². The molecule has 5 rings (SSSR count). The number of thioether (sulfide) groups is 1. The normalized spacial score (nSPS) is 26.4. The zero-order valence-corrected chi connectivity index (χ0v) is 17.6. The Morgan fingerprint density at radius 1 is 1.17 bits per heavy atom. The maximum absolute atomic E-state index is 5.81. The first-order valence-electron chi connectivity index (χ1n) is 10.2. The van der Waals surface area contributed by atoms with E-state index in [0.29, 0.717) is 5.25 Å². The van der Waals surface area contributed by atoms with E-state index in [2.05, 4.69) is 46.0 Å². The molecule has 2 aromatic rings. The van der Waals surface area contributed by atoms with E-state index in [1.807, 2.05) is 30.1 Å². The summed E-state index contributed by atoms with van der Waals surface area (Å²) in [6.07, 6.45) is 1.86. The number of aromatic nitrogens is 1. The van der Waals surface area contributed by atoms with Crippen molar-refractivity contribution in [3.05, 3.63) is 53.9 Å². The fourth-order valence-electron chi connectivity index (χ4n) is 4.42. The van der Waals surface area contributed by atoms with Gasteiger partial charge in [-0.25, -0.2) is 0 Å². The van der Waals surface area contributed by atoms with Crippen molar-refractivity contribution in [1.29, 1.82) is 0 Å². The molecule has 7 heteroatoms.